The highest BCUT2D eigenvalue weighted by atomic mass is 19.2. The second-order valence-corrected chi connectivity index (χ2v) is 4.26. The lowest BCUT2D eigenvalue weighted by molar-refractivity contribution is 0.496. The Morgan fingerprint density at radius 3 is 2.26 bits per heavy atom. The Kier molecular flexibility index (Phi) is 4.44. The van der Waals surface area contributed by atoms with Crippen molar-refractivity contribution in [2.24, 2.45) is 0 Å². The molecule has 0 aliphatic heterocycles. The van der Waals surface area contributed by atoms with Gasteiger partial charge < -0.3 is 5.32 Å². The molecule has 0 heterocycles. The van der Waals surface area contributed by atoms with E-state index in [1.165, 1.54) is 5.56 Å². The number of hydrogen-bond acceptors (Lipinski definition) is 1. The zero-order valence-corrected chi connectivity index (χ0v) is 10.3. The molecule has 2 rings (SSSR count). The molecule has 0 spiro atoms. The smallest absolute Gasteiger partial charge is 0.161 e. The molecule has 0 saturated carbocycles. The van der Waals surface area contributed by atoms with Crippen LogP contribution in [0.4, 0.5) is 18.9 Å². The van der Waals surface area contributed by atoms with Crippen LogP contribution in [0.25, 0.3) is 0 Å². The van der Waals surface area contributed by atoms with Gasteiger partial charge in [-0.05, 0) is 18.4 Å². The molecule has 0 amide bonds. The minimum Gasteiger partial charge on any atom is -0.383 e. The number of benzene rings is 2. The Labute approximate surface area is 110 Å². The van der Waals surface area contributed by atoms with Crippen molar-refractivity contribution in [3.05, 3.63) is 65.5 Å². The summed E-state index contributed by atoms with van der Waals surface area (Å²) in [5, 5.41) is 2.77. The number of hydrogen-bond donors (Lipinski definition) is 1. The van der Waals surface area contributed by atoms with Gasteiger partial charge in [-0.3, -0.25) is 0 Å². The van der Waals surface area contributed by atoms with Crippen LogP contribution in [0.2, 0.25) is 0 Å². The average Bonchev–Trinajstić information content (AvgIpc) is 2.41. The second-order valence-electron chi connectivity index (χ2n) is 4.26. The van der Waals surface area contributed by atoms with Crippen molar-refractivity contribution in [1.29, 1.82) is 0 Å². The van der Waals surface area contributed by atoms with E-state index in [4.69, 9.17) is 0 Å². The van der Waals surface area contributed by atoms with E-state index in [9.17, 15) is 13.2 Å². The van der Waals surface area contributed by atoms with Gasteiger partial charge in [0.05, 0.1) is 5.69 Å². The lowest BCUT2D eigenvalue weighted by Gasteiger charge is -2.08. The summed E-state index contributed by atoms with van der Waals surface area (Å²) in [5.41, 5.74) is 1.18. The number of halogens is 3. The standard InChI is InChI=1S/C15H14F3N/c16-12-9-14(18)15(10-13(12)17)19-8-4-7-11-5-2-1-3-6-11/h1-3,5-6,9-10,19H,4,7-8H2. The van der Waals surface area contributed by atoms with Crippen molar-refractivity contribution < 1.29 is 13.2 Å². The summed E-state index contributed by atoms with van der Waals surface area (Å²) in [6.45, 7) is 0.497. The van der Waals surface area contributed by atoms with Gasteiger partial charge in [0, 0.05) is 18.7 Å². The third kappa shape index (κ3) is 3.74. The van der Waals surface area contributed by atoms with Gasteiger partial charge in [0.25, 0.3) is 0 Å². The van der Waals surface area contributed by atoms with Crippen LogP contribution in [0.1, 0.15) is 12.0 Å². The van der Waals surface area contributed by atoms with Crippen molar-refractivity contribution in [2.75, 3.05) is 11.9 Å². The van der Waals surface area contributed by atoms with Crippen LogP contribution < -0.4 is 5.32 Å². The van der Waals surface area contributed by atoms with Crippen LogP contribution in [0.15, 0.2) is 42.5 Å². The first kappa shape index (κ1) is 13.5. The summed E-state index contributed by atoms with van der Waals surface area (Å²) in [6, 6.07) is 11.3. The van der Waals surface area contributed by atoms with Crippen molar-refractivity contribution in [1.82, 2.24) is 0 Å². The highest BCUT2D eigenvalue weighted by Crippen LogP contribution is 2.18. The Bertz CT molecular complexity index is 541. The minimum absolute atomic E-state index is 0.00744. The predicted octanol–water partition coefficient (Wildman–Crippen LogP) is 4.15. The fourth-order valence-electron chi connectivity index (χ4n) is 1.82. The van der Waals surface area contributed by atoms with E-state index in [1.807, 2.05) is 30.3 Å². The van der Waals surface area contributed by atoms with Gasteiger partial charge in [0.2, 0.25) is 0 Å². The monoisotopic (exact) mass is 265 g/mol. The van der Waals surface area contributed by atoms with Gasteiger partial charge in [-0.1, -0.05) is 30.3 Å². The molecule has 1 nitrogen and oxygen atoms in total. The lowest BCUT2D eigenvalue weighted by Crippen LogP contribution is -2.05. The second kappa shape index (κ2) is 6.27. The van der Waals surface area contributed by atoms with Crippen LogP contribution in [0.3, 0.4) is 0 Å². The summed E-state index contributed by atoms with van der Waals surface area (Å²) in [5.74, 6) is -3.00. The largest absolute Gasteiger partial charge is 0.383 e. The summed E-state index contributed by atoms with van der Waals surface area (Å²) in [6.07, 6.45) is 1.63. The number of nitrogens with one attached hydrogen (secondary N) is 1. The first-order valence-corrected chi connectivity index (χ1v) is 6.09. The molecule has 100 valence electrons. The Balaban J connectivity index is 1.85. The molecule has 1 N–H and O–H groups in total. The molecule has 0 fully saturated rings. The van der Waals surface area contributed by atoms with Crippen LogP contribution in [0, 0.1) is 17.5 Å². The zero-order chi connectivity index (χ0) is 13.7. The third-order valence-electron chi connectivity index (χ3n) is 2.81. The van der Waals surface area contributed by atoms with Crippen molar-refractivity contribution in [3.8, 4) is 0 Å². The molecular weight excluding hydrogens is 251 g/mol. The Morgan fingerprint density at radius 1 is 0.842 bits per heavy atom. The first-order valence-electron chi connectivity index (χ1n) is 6.09. The summed E-state index contributed by atoms with van der Waals surface area (Å²) < 4.78 is 39.0. The molecular formula is C15H14F3N. The van der Waals surface area contributed by atoms with E-state index in [2.05, 4.69) is 5.32 Å². The van der Waals surface area contributed by atoms with E-state index >= 15 is 0 Å². The summed E-state index contributed by atoms with van der Waals surface area (Å²) in [7, 11) is 0. The molecule has 0 saturated heterocycles. The molecule has 0 bridgehead atoms. The van der Waals surface area contributed by atoms with Gasteiger partial charge in [-0.2, -0.15) is 0 Å². The van der Waals surface area contributed by atoms with E-state index in [0.717, 1.165) is 18.9 Å². The fourth-order valence-corrected chi connectivity index (χ4v) is 1.82. The maximum Gasteiger partial charge on any atom is 0.161 e. The van der Waals surface area contributed by atoms with Crippen LogP contribution in [-0.4, -0.2) is 6.54 Å². The van der Waals surface area contributed by atoms with Crippen molar-refractivity contribution in [3.63, 3.8) is 0 Å². The molecule has 0 unspecified atom stereocenters. The van der Waals surface area contributed by atoms with E-state index in [0.29, 0.717) is 12.6 Å². The van der Waals surface area contributed by atoms with Crippen LogP contribution in [0.5, 0.6) is 0 Å². The zero-order valence-electron chi connectivity index (χ0n) is 10.3. The normalized spacial score (nSPS) is 10.5. The molecule has 0 radical (unpaired) electrons. The van der Waals surface area contributed by atoms with E-state index < -0.39 is 17.5 Å². The van der Waals surface area contributed by atoms with Gasteiger partial charge >= 0.3 is 0 Å². The molecule has 0 aromatic heterocycles. The number of rotatable bonds is 5. The lowest BCUT2D eigenvalue weighted by atomic mass is 10.1. The topological polar surface area (TPSA) is 12.0 Å². The van der Waals surface area contributed by atoms with Gasteiger partial charge in [-0.25, -0.2) is 13.2 Å². The van der Waals surface area contributed by atoms with Crippen LogP contribution >= 0.6 is 0 Å². The molecule has 19 heavy (non-hydrogen) atoms. The Morgan fingerprint density at radius 2 is 1.53 bits per heavy atom. The molecule has 0 aliphatic rings. The summed E-state index contributed by atoms with van der Waals surface area (Å²) >= 11 is 0. The minimum atomic E-state index is -1.17. The fraction of sp³-hybridized carbons (Fsp3) is 0.200. The Hall–Kier alpha value is -1.97. The van der Waals surface area contributed by atoms with Crippen LogP contribution in [-0.2, 0) is 6.42 Å². The summed E-state index contributed by atoms with van der Waals surface area (Å²) in [4.78, 5) is 0. The van der Waals surface area contributed by atoms with Crippen molar-refractivity contribution in [2.45, 2.75) is 12.8 Å². The number of anilines is 1. The predicted molar refractivity (Wildman–Crippen MR) is 69.6 cm³/mol. The van der Waals surface area contributed by atoms with Crippen molar-refractivity contribution >= 4 is 5.69 Å². The average molecular weight is 265 g/mol. The highest BCUT2D eigenvalue weighted by molar-refractivity contribution is 5.45. The van der Waals surface area contributed by atoms with Gasteiger partial charge in [0.1, 0.15) is 5.82 Å². The maximum absolute atomic E-state index is 13.3. The first-order chi connectivity index (χ1) is 9.16. The molecule has 0 aliphatic carbocycles. The SMILES string of the molecule is Fc1cc(F)c(NCCCc2ccccc2)cc1F. The maximum atomic E-state index is 13.3. The molecule has 0 atom stereocenters. The van der Waals surface area contributed by atoms with E-state index in [1.54, 1.807) is 0 Å². The number of aryl methyl sites for hydroxylation is 1. The molecule has 2 aromatic carbocycles. The van der Waals surface area contributed by atoms with E-state index in [-0.39, 0.29) is 5.69 Å². The molecule has 2 aromatic rings. The van der Waals surface area contributed by atoms with Gasteiger partial charge in [-0.15, -0.1) is 0 Å². The third-order valence-corrected chi connectivity index (χ3v) is 2.81. The highest BCUT2D eigenvalue weighted by Gasteiger charge is 2.08. The molecule has 4 heteroatoms. The quantitative estimate of drug-likeness (QED) is 0.632. The van der Waals surface area contributed by atoms with Gasteiger partial charge in [0.15, 0.2) is 11.6 Å².